The van der Waals surface area contributed by atoms with Crippen molar-refractivity contribution in [2.75, 3.05) is 18.1 Å². The monoisotopic (exact) mass is 568 g/mol. The number of ether oxygens (including phenoxy) is 1. The molecule has 0 aliphatic rings. The molecule has 1 amide bonds. The van der Waals surface area contributed by atoms with E-state index >= 15 is 0 Å². The first-order chi connectivity index (χ1) is 18.3. The van der Waals surface area contributed by atoms with Gasteiger partial charge in [0.2, 0.25) is 0 Å². The molecule has 0 saturated carbocycles. The highest BCUT2D eigenvalue weighted by molar-refractivity contribution is 7.91. The van der Waals surface area contributed by atoms with Crippen molar-refractivity contribution in [2.45, 2.75) is 71.2 Å². The zero-order valence-corrected chi connectivity index (χ0v) is 23.4. The number of nitrogens with zero attached hydrogens (tertiary/aromatic N) is 1. The van der Waals surface area contributed by atoms with Crippen molar-refractivity contribution in [2.24, 2.45) is 5.73 Å². The third-order valence-corrected chi connectivity index (χ3v) is 7.90. The maximum Gasteiger partial charge on any atom is 0.303 e. The van der Waals surface area contributed by atoms with E-state index < -0.39 is 57.4 Å². The minimum absolute atomic E-state index is 0.0161. The highest BCUT2D eigenvalue weighted by atomic mass is 32.2. The number of benzene rings is 2. The summed E-state index contributed by atoms with van der Waals surface area (Å²) < 4.78 is 57.7. The van der Waals surface area contributed by atoms with Gasteiger partial charge in [0.15, 0.2) is 15.9 Å². The molecular weight excluding hydrogens is 530 g/mol. The summed E-state index contributed by atoms with van der Waals surface area (Å²) in [6.07, 6.45) is -1.27. The number of aryl methyl sites for hydroxylation is 1. The van der Waals surface area contributed by atoms with Crippen LogP contribution in [0.4, 0.5) is 8.78 Å². The smallest absolute Gasteiger partial charge is 0.303 e. The molecule has 0 aliphatic carbocycles. The predicted molar refractivity (Wildman–Crippen MR) is 144 cm³/mol. The Hall–Kier alpha value is -2.89. The van der Waals surface area contributed by atoms with E-state index in [4.69, 9.17) is 10.5 Å². The van der Waals surface area contributed by atoms with E-state index in [0.717, 1.165) is 37.1 Å². The average molecular weight is 569 g/mol. The van der Waals surface area contributed by atoms with Crippen molar-refractivity contribution in [3.8, 4) is 0 Å². The second kappa shape index (κ2) is 15.0. The summed E-state index contributed by atoms with van der Waals surface area (Å²) in [6, 6.07) is 9.31. The van der Waals surface area contributed by atoms with Crippen LogP contribution in [0.1, 0.15) is 50.3 Å². The van der Waals surface area contributed by atoms with Crippen molar-refractivity contribution in [1.29, 1.82) is 0 Å². The zero-order valence-electron chi connectivity index (χ0n) is 22.6. The number of esters is 1. The second-order valence-electron chi connectivity index (χ2n) is 9.67. The fourth-order valence-electron chi connectivity index (χ4n) is 4.14. The number of aliphatic hydroxyl groups excluding tert-OH is 1. The van der Waals surface area contributed by atoms with Crippen molar-refractivity contribution in [1.82, 2.24) is 4.90 Å². The van der Waals surface area contributed by atoms with Crippen LogP contribution in [0, 0.1) is 11.6 Å². The van der Waals surface area contributed by atoms with Gasteiger partial charge in [-0.2, -0.15) is 0 Å². The Kier molecular flexibility index (Phi) is 12.5. The Labute approximate surface area is 229 Å². The molecule has 2 aromatic rings. The standard InChI is InChI=1S/C28H38F2N2O6S/c1-4-6-10-39(36,37)18-27(38-19(3)33)28(35)32(16-21-9-7-8-20(5-2)11-21)17-26(34)25(31)14-22-12-23(29)15-24(30)13-22/h7-9,11-13,15,25-27,34H,4-6,10,14,16-18,31H2,1-3H3/t25-,26+,27?/m0/s1. The molecule has 11 heteroatoms. The van der Waals surface area contributed by atoms with Gasteiger partial charge in [0.25, 0.3) is 5.91 Å². The zero-order chi connectivity index (χ0) is 29.2. The number of carbonyl (C=O) groups is 2. The molecule has 8 nitrogen and oxygen atoms in total. The van der Waals surface area contributed by atoms with Crippen molar-refractivity contribution in [3.05, 3.63) is 70.8 Å². The van der Waals surface area contributed by atoms with E-state index in [1.807, 2.05) is 32.0 Å². The summed E-state index contributed by atoms with van der Waals surface area (Å²) in [5.41, 5.74) is 8.08. The van der Waals surface area contributed by atoms with Crippen LogP contribution in [0.5, 0.6) is 0 Å². The molecule has 2 aromatic carbocycles. The Bertz CT molecular complexity index is 1200. The van der Waals surface area contributed by atoms with Crippen molar-refractivity contribution in [3.63, 3.8) is 0 Å². The lowest BCUT2D eigenvalue weighted by Crippen LogP contribution is -2.50. The van der Waals surface area contributed by atoms with Crippen LogP contribution >= 0.6 is 0 Å². The van der Waals surface area contributed by atoms with Gasteiger partial charge < -0.3 is 20.5 Å². The van der Waals surface area contributed by atoms with Crippen LogP contribution in [0.3, 0.4) is 0 Å². The Morgan fingerprint density at radius 1 is 1.05 bits per heavy atom. The third-order valence-electron chi connectivity index (χ3n) is 6.18. The van der Waals surface area contributed by atoms with E-state index in [1.165, 1.54) is 4.90 Å². The van der Waals surface area contributed by atoms with Crippen LogP contribution in [-0.2, 0) is 43.5 Å². The van der Waals surface area contributed by atoms with Crippen LogP contribution < -0.4 is 5.73 Å². The number of unbranched alkanes of at least 4 members (excludes halogenated alkanes) is 1. The highest BCUT2D eigenvalue weighted by Crippen LogP contribution is 2.16. The van der Waals surface area contributed by atoms with E-state index in [0.29, 0.717) is 18.4 Å². The molecule has 0 spiro atoms. The van der Waals surface area contributed by atoms with Crippen LogP contribution in [0.25, 0.3) is 0 Å². The fraction of sp³-hybridized carbons (Fsp3) is 0.500. The predicted octanol–water partition coefficient (Wildman–Crippen LogP) is 2.93. The molecule has 0 bridgehead atoms. The Balaban J connectivity index is 2.33. The SMILES string of the molecule is CCCCS(=O)(=O)CC(OC(C)=O)C(=O)N(Cc1cccc(CC)c1)C[C@@H](O)[C@@H](N)Cc1cc(F)cc(F)c1. The van der Waals surface area contributed by atoms with Crippen LogP contribution in [-0.4, -0.2) is 66.6 Å². The molecule has 0 radical (unpaired) electrons. The number of aliphatic hydroxyl groups is 1. The lowest BCUT2D eigenvalue weighted by atomic mass is 10.0. The first-order valence-electron chi connectivity index (χ1n) is 13.0. The maximum atomic E-state index is 13.6. The number of amides is 1. The minimum Gasteiger partial charge on any atom is -0.451 e. The molecule has 0 saturated heterocycles. The highest BCUT2D eigenvalue weighted by Gasteiger charge is 2.33. The number of carbonyl (C=O) groups excluding carboxylic acids is 2. The molecule has 0 aromatic heterocycles. The normalized spacial score (nSPS) is 13.9. The minimum atomic E-state index is -3.73. The van der Waals surface area contributed by atoms with Gasteiger partial charge >= 0.3 is 5.97 Å². The first kappa shape index (κ1) is 32.3. The van der Waals surface area contributed by atoms with E-state index in [1.54, 1.807) is 6.07 Å². The topological polar surface area (TPSA) is 127 Å². The second-order valence-corrected chi connectivity index (χ2v) is 11.9. The van der Waals surface area contributed by atoms with E-state index in [2.05, 4.69) is 0 Å². The molecule has 3 atom stereocenters. The number of rotatable bonds is 15. The van der Waals surface area contributed by atoms with Crippen molar-refractivity contribution >= 4 is 21.7 Å². The van der Waals surface area contributed by atoms with Gasteiger partial charge in [0.1, 0.15) is 11.6 Å². The number of halogens is 2. The van der Waals surface area contributed by atoms with Gasteiger partial charge in [-0.05, 0) is 48.1 Å². The van der Waals surface area contributed by atoms with Crippen LogP contribution in [0.2, 0.25) is 0 Å². The number of hydrogen-bond acceptors (Lipinski definition) is 7. The summed E-state index contributed by atoms with van der Waals surface area (Å²) in [4.78, 5) is 26.6. The molecule has 39 heavy (non-hydrogen) atoms. The lowest BCUT2D eigenvalue weighted by Gasteiger charge is -2.31. The molecule has 0 aliphatic heterocycles. The summed E-state index contributed by atoms with van der Waals surface area (Å²) in [7, 11) is -3.73. The largest absolute Gasteiger partial charge is 0.451 e. The van der Waals surface area contributed by atoms with Gasteiger partial charge in [-0.1, -0.05) is 44.5 Å². The Morgan fingerprint density at radius 2 is 1.69 bits per heavy atom. The van der Waals surface area contributed by atoms with Gasteiger partial charge in [-0.25, -0.2) is 17.2 Å². The van der Waals surface area contributed by atoms with Gasteiger partial charge in [-0.3, -0.25) is 9.59 Å². The van der Waals surface area contributed by atoms with Crippen molar-refractivity contribution < 1.29 is 36.6 Å². The Morgan fingerprint density at radius 3 is 2.28 bits per heavy atom. The summed E-state index contributed by atoms with van der Waals surface area (Å²) in [6.45, 7) is 4.53. The number of hydrogen-bond donors (Lipinski definition) is 2. The summed E-state index contributed by atoms with van der Waals surface area (Å²) in [5.74, 6) is -4.04. The fourth-order valence-corrected chi connectivity index (χ4v) is 5.70. The van der Waals surface area contributed by atoms with Gasteiger partial charge in [0, 0.05) is 32.1 Å². The quantitative estimate of drug-likeness (QED) is 0.316. The number of nitrogens with two attached hydrogens (primary N) is 1. The molecule has 1 unspecified atom stereocenters. The molecule has 0 heterocycles. The number of sulfone groups is 1. The van der Waals surface area contributed by atoms with Gasteiger partial charge in [0.05, 0.1) is 17.6 Å². The lowest BCUT2D eigenvalue weighted by molar-refractivity contribution is -0.158. The summed E-state index contributed by atoms with van der Waals surface area (Å²) in [5, 5.41) is 10.9. The third kappa shape index (κ3) is 11.0. The van der Waals surface area contributed by atoms with Gasteiger partial charge in [-0.15, -0.1) is 0 Å². The van der Waals surface area contributed by atoms with E-state index in [-0.39, 0.29) is 30.8 Å². The molecule has 0 fully saturated rings. The molecule has 2 rings (SSSR count). The van der Waals surface area contributed by atoms with E-state index in [9.17, 15) is 31.9 Å². The molecular formula is C28H38F2N2O6S. The van der Waals surface area contributed by atoms with Crippen LogP contribution in [0.15, 0.2) is 42.5 Å². The summed E-state index contributed by atoms with van der Waals surface area (Å²) >= 11 is 0. The maximum absolute atomic E-state index is 13.6. The first-order valence-corrected chi connectivity index (χ1v) is 14.8. The average Bonchev–Trinajstić information content (AvgIpc) is 2.85. The molecule has 3 N–H and O–H groups in total. The molecule has 216 valence electrons.